The van der Waals surface area contributed by atoms with E-state index in [4.69, 9.17) is 0 Å². The van der Waals surface area contributed by atoms with Gasteiger partial charge in [0.1, 0.15) is 17.4 Å². The lowest BCUT2D eigenvalue weighted by Gasteiger charge is -2.05. The van der Waals surface area contributed by atoms with Crippen LogP contribution in [0.15, 0.2) is 18.2 Å². The SMILES string of the molecule is COC(=O)CCS(=O)(=O)CC(=O)c1c(F)cccc1F. The summed E-state index contributed by atoms with van der Waals surface area (Å²) in [6.07, 6.45) is -0.425. The average molecular weight is 306 g/mol. The Morgan fingerprint density at radius 3 is 2.25 bits per heavy atom. The topological polar surface area (TPSA) is 77.5 Å². The van der Waals surface area contributed by atoms with Crippen LogP contribution in [0.2, 0.25) is 0 Å². The van der Waals surface area contributed by atoms with Gasteiger partial charge in [-0.2, -0.15) is 0 Å². The molecule has 0 heterocycles. The number of carbonyl (C=O) groups is 2. The van der Waals surface area contributed by atoms with Crippen LogP contribution in [0.4, 0.5) is 8.78 Å². The molecule has 0 aliphatic rings. The number of ether oxygens (including phenoxy) is 1. The first-order chi connectivity index (χ1) is 9.26. The summed E-state index contributed by atoms with van der Waals surface area (Å²) < 4.78 is 54.1. The second kappa shape index (κ2) is 6.56. The number of Topliss-reactive ketones (excluding diaryl/α,β-unsaturated/α-hetero) is 1. The Hall–Kier alpha value is -1.83. The van der Waals surface area contributed by atoms with Crippen LogP contribution in [0, 0.1) is 11.6 Å². The second-order valence-electron chi connectivity index (χ2n) is 3.94. The maximum absolute atomic E-state index is 13.3. The highest BCUT2D eigenvalue weighted by Crippen LogP contribution is 2.14. The Morgan fingerprint density at radius 2 is 1.75 bits per heavy atom. The Balaban J connectivity index is 2.82. The predicted molar refractivity (Wildman–Crippen MR) is 66.0 cm³/mol. The molecule has 0 aliphatic carbocycles. The molecule has 1 rings (SSSR count). The van der Waals surface area contributed by atoms with E-state index in [-0.39, 0.29) is 0 Å². The largest absolute Gasteiger partial charge is 0.469 e. The quantitative estimate of drug-likeness (QED) is 0.581. The molecular formula is C12H12F2O5S. The molecule has 0 aromatic heterocycles. The third kappa shape index (κ3) is 4.37. The van der Waals surface area contributed by atoms with Gasteiger partial charge in [0, 0.05) is 0 Å². The van der Waals surface area contributed by atoms with Crippen molar-refractivity contribution in [2.45, 2.75) is 6.42 Å². The molecule has 0 unspecified atom stereocenters. The zero-order valence-electron chi connectivity index (χ0n) is 10.6. The second-order valence-corrected chi connectivity index (χ2v) is 6.12. The van der Waals surface area contributed by atoms with Gasteiger partial charge >= 0.3 is 5.97 Å². The van der Waals surface area contributed by atoms with Gasteiger partial charge < -0.3 is 4.74 Å². The Labute approximate surface area is 114 Å². The first kappa shape index (κ1) is 16.2. The summed E-state index contributed by atoms with van der Waals surface area (Å²) >= 11 is 0. The maximum atomic E-state index is 13.3. The minimum atomic E-state index is -3.95. The highest BCUT2D eigenvalue weighted by Gasteiger charge is 2.24. The van der Waals surface area contributed by atoms with Gasteiger partial charge in [-0.25, -0.2) is 17.2 Å². The van der Waals surface area contributed by atoms with Gasteiger partial charge in [-0.3, -0.25) is 9.59 Å². The van der Waals surface area contributed by atoms with E-state index in [9.17, 15) is 26.8 Å². The molecule has 20 heavy (non-hydrogen) atoms. The molecule has 0 saturated heterocycles. The van der Waals surface area contributed by atoms with Crippen LogP contribution in [0.25, 0.3) is 0 Å². The highest BCUT2D eigenvalue weighted by molar-refractivity contribution is 7.92. The Morgan fingerprint density at radius 1 is 1.20 bits per heavy atom. The number of hydrogen-bond donors (Lipinski definition) is 0. The fraction of sp³-hybridized carbons (Fsp3) is 0.333. The minimum Gasteiger partial charge on any atom is -0.469 e. The summed E-state index contributed by atoms with van der Waals surface area (Å²) in [6.45, 7) is 0. The van der Waals surface area contributed by atoms with Crippen LogP contribution < -0.4 is 0 Å². The van der Waals surface area contributed by atoms with Crippen molar-refractivity contribution in [3.8, 4) is 0 Å². The molecule has 5 nitrogen and oxygen atoms in total. The number of carbonyl (C=O) groups excluding carboxylic acids is 2. The molecule has 0 fully saturated rings. The summed E-state index contributed by atoms with van der Waals surface area (Å²) in [5, 5.41) is 0. The normalized spacial score (nSPS) is 11.2. The molecule has 0 N–H and O–H groups in total. The molecule has 0 amide bonds. The summed E-state index contributed by atoms with van der Waals surface area (Å²) in [4.78, 5) is 22.5. The number of halogens is 2. The molecule has 0 aliphatic heterocycles. The number of ketones is 1. The molecule has 0 radical (unpaired) electrons. The molecule has 8 heteroatoms. The summed E-state index contributed by atoms with van der Waals surface area (Å²) in [6, 6.07) is 2.78. The molecule has 1 aromatic carbocycles. The van der Waals surface area contributed by atoms with Crippen molar-refractivity contribution in [3.63, 3.8) is 0 Å². The van der Waals surface area contributed by atoms with Crippen molar-refractivity contribution in [2.24, 2.45) is 0 Å². The number of esters is 1. The number of hydrogen-bond acceptors (Lipinski definition) is 5. The third-order valence-electron chi connectivity index (χ3n) is 2.44. The first-order valence-corrected chi connectivity index (χ1v) is 7.33. The van der Waals surface area contributed by atoms with Crippen molar-refractivity contribution < 1.29 is 31.5 Å². The van der Waals surface area contributed by atoms with Crippen molar-refractivity contribution in [1.29, 1.82) is 0 Å². The fourth-order valence-electron chi connectivity index (χ4n) is 1.45. The standard InChI is InChI=1S/C12H12F2O5S/c1-19-11(16)5-6-20(17,18)7-10(15)12-8(13)3-2-4-9(12)14/h2-4H,5-7H2,1H3. The maximum Gasteiger partial charge on any atom is 0.306 e. The lowest BCUT2D eigenvalue weighted by Crippen LogP contribution is -2.22. The van der Waals surface area contributed by atoms with Crippen molar-refractivity contribution in [1.82, 2.24) is 0 Å². The lowest BCUT2D eigenvalue weighted by atomic mass is 10.1. The van der Waals surface area contributed by atoms with E-state index in [1.54, 1.807) is 0 Å². The van der Waals surface area contributed by atoms with Crippen molar-refractivity contribution in [3.05, 3.63) is 35.4 Å². The molecular weight excluding hydrogens is 294 g/mol. The zero-order valence-corrected chi connectivity index (χ0v) is 11.4. The van der Waals surface area contributed by atoms with Gasteiger partial charge in [-0.05, 0) is 12.1 Å². The van der Waals surface area contributed by atoms with Gasteiger partial charge in [0.15, 0.2) is 15.6 Å². The minimum absolute atomic E-state index is 0.425. The number of benzene rings is 1. The van der Waals surface area contributed by atoms with Gasteiger partial charge in [0.05, 0.1) is 24.8 Å². The van der Waals surface area contributed by atoms with E-state index >= 15 is 0 Å². The predicted octanol–water partition coefficient (Wildman–Crippen LogP) is 1.13. The first-order valence-electron chi connectivity index (χ1n) is 5.51. The van der Waals surface area contributed by atoms with E-state index < -0.39 is 56.7 Å². The van der Waals surface area contributed by atoms with E-state index in [0.29, 0.717) is 0 Å². The van der Waals surface area contributed by atoms with Crippen LogP contribution in [0.3, 0.4) is 0 Å². The van der Waals surface area contributed by atoms with Crippen LogP contribution in [-0.2, 0) is 19.4 Å². The van der Waals surface area contributed by atoms with E-state index in [0.717, 1.165) is 25.3 Å². The summed E-state index contributed by atoms with van der Waals surface area (Å²) in [5.41, 5.74) is -0.894. The van der Waals surface area contributed by atoms with Crippen molar-refractivity contribution >= 4 is 21.6 Å². The smallest absolute Gasteiger partial charge is 0.306 e. The summed E-state index contributed by atoms with van der Waals surface area (Å²) in [5.74, 6) is -5.89. The van der Waals surface area contributed by atoms with E-state index in [1.165, 1.54) is 0 Å². The van der Waals surface area contributed by atoms with Crippen LogP contribution in [0.5, 0.6) is 0 Å². The molecule has 0 saturated carbocycles. The molecule has 1 aromatic rings. The number of sulfone groups is 1. The summed E-state index contributed by atoms with van der Waals surface area (Å²) in [7, 11) is -2.86. The van der Waals surface area contributed by atoms with Crippen LogP contribution >= 0.6 is 0 Å². The van der Waals surface area contributed by atoms with Gasteiger partial charge in [0.25, 0.3) is 0 Å². The Bertz CT molecular complexity index is 604. The fourth-order valence-corrected chi connectivity index (χ4v) is 2.61. The monoisotopic (exact) mass is 306 g/mol. The third-order valence-corrected chi connectivity index (χ3v) is 3.97. The zero-order chi connectivity index (χ0) is 15.3. The van der Waals surface area contributed by atoms with Gasteiger partial charge in [-0.1, -0.05) is 6.07 Å². The average Bonchev–Trinajstić information content (AvgIpc) is 2.35. The van der Waals surface area contributed by atoms with Gasteiger partial charge in [0.2, 0.25) is 0 Å². The van der Waals surface area contributed by atoms with Crippen LogP contribution in [0.1, 0.15) is 16.8 Å². The van der Waals surface area contributed by atoms with Gasteiger partial charge in [-0.15, -0.1) is 0 Å². The van der Waals surface area contributed by atoms with E-state index in [2.05, 4.69) is 4.74 Å². The number of methoxy groups -OCH3 is 1. The lowest BCUT2D eigenvalue weighted by molar-refractivity contribution is -0.140. The van der Waals surface area contributed by atoms with E-state index in [1.807, 2.05) is 0 Å². The highest BCUT2D eigenvalue weighted by atomic mass is 32.2. The van der Waals surface area contributed by atoms with Crippen molar-refractivity contribution in [2.75, 3.05) is 18.6 Å². The molecule has 0 bridgehead atoms. The number of rotatable bonds is 6. The Kier molecular flexibility index (Phi) is 5.32. The molecule has 0 spiro atoms. The van der Waals surface area contributed by atoms with Crippen LogP contribution in [-0.4, -0.2) is 38.8 Å². The molecule has 0 atom stereocenters. The molecule has 110 valence electrons.